The smallest absolute Gasteiger partial charge is 0.272 e. The highest BCUT2D eigenvalue weighted by molar-refractivity contribution is 6.31. The first kappa shape index (κ1) is 18.9. The zero-order chi connectivity index (χ0) is 19.4. The molecule has 27 heavy (non-hydrogen) atoms. The first-order valence-electron chi connectivity index (χ1n) is 8.44. The summed E-state index contributed by atoms with van der Waals surface area (Å²) in [5.74, 6) is 0.647. The van der Waals surface area contributed by atoms with Gasteiger partial charge in [0.05, 0.1) is 12.8 Å². The summed E-state index contributed by atoms with van der Waals surface area (Å²) in [6, 6.07) is 5.11. The standard InChI is InChI=1S/C18H20ClN5O3/c1-12-9-15(16(27-2)10-13(12)19)22-18-20-4-3-14(21-18)17(26)24-7-5-23(11-25)6-8-24/h3-4,9-11H,5-8H2,1-2H3,(H,20,21,22). The van der Waals surface area contributed by atoms with E-state index < -0.39 is 0 Å². The third-order valence-electron chi connectivity index (χ3n) is 4.35. The van der Waals surface area contributed by atoms with Crippen molar-refractivity contribution >= 4 is 35.6 Å². The third-order valence-corrected chi connectivity index (χ3v) is 4.76. The Labute approximate surface area is 162 Å². The maximum atomic E-state index is 12.7. The zero-order valence-corrected chi connectivity index (χ0v) is 15.9. The van der Waals surface area contributed by atoms with E-state index in [4.69, 9.17) is 16.3 Å². The molecule has 0 atom stereocenters. The van der Waals surface area contributed by atoms with Crippen LogP contribution in [0.5, 0.6) is 5.75 Å². The summed E-state index contributed by atoms with van der Waals surface area (Å²) in [6.07, 6.45) is 2.33. The van der Waals surface area contributed by atoms with Crippen molar-refractivity contribution in [1.82, 2.24) is 19.8 Å². The fraction of sp³-hybridized carbons (Fsp3) is 0.333. The fourth-order valence-corrected chi connectivity index (χ4v) is 2.93. The molecule has 1 saturated heterocycles. The molecule has 0 unspecified atom stereocenters. The van der Waals surface area contributed by atoms with Gasteiger partial charge in [0.25, 0.3) is 5.91 Å². The lowest BCUT2D eigenvalue weighted by molar-refractivity contribution is -0.119. The van der Waals surface area contributed by atoms with Crippen LogP contribution in [-0.2, 0) is 4.79 Å². The number of rotatable bonds is 5. The molecule has 0 bridgehead atoms. The molecule has 2 amide bonds. The summed E-state index contributed by atoms with van der Waals surface area (Å²) in [5, 5.41) is 3.67. The van der Waals surface area contributed by atoms with E-state index in [9.17, 15) is 9.59 Å². The molecule has 1 fully saturated rings. The molecule has 0 radical (unpaired) electrons. The Morgan fingerprint density at radius 1 is 1.30 bits per heavy atom. The van der Waals surface area contributed by atoms with E-state index in [2.05, 4.69) is 15.3 Å². The molecule has 1 N–H and O–H groups in total. The molecule has 2 heterocycles. The normalized spacial score (nSPS) is 14.0. The summed E-state index contributed by atoms with van der Waals surface area (Å²) in [5.41, 5.74) is 1.82. The number of piperazine rings is 1. The number of nitrogens with zero attached hydrogens (tertiary/aromatic N) is 4. The Kier molecular flexibility index (Phi) is 5.75. The van der Waals surface area contributed by atoms with Crippen molar-refractivity contribution in [3.8, 4) is 5.75 Å². The van der Waals surface area contributed by atoms with Gasteiger partial charge in [-0.25, -0.2) is 9.97 Å². The molecule has 142 valence electrons. The lowest BCUT2D eigenvalue weighted by Crippen LogP contribution is -2.48. The van der Waals surface area contributed by atoms with Gasteiger partial charge in [-0.2, -0.15) is 0 Å². The van der Waals surface area contributed by atoms with Gasteiger partial charge < -0.3 is 19.9 Å². The first-order chi connectivity index (χ1) is 13.0. The van der Waals surface area contributed by atoms with Crippen LogP contribution in [0.1, 0.15) is 16.1 Å². The van der Waals surface area contributed by atoms with Gasteiger partial charge in [0.1, 0.15) is 11.4 Å². The highest BCUT2D eigenvalue weighted by atomic mass is 35.5. The topological polar surface area (TPSA) is 87.7 Å². The quantitative estimate of drug-likeness (QED) is 0.788. The minimum Gasteiger partial charge on any atom is -0.495 e. The molecule has 3 rings (SSSR count). The fourth-order valence-electron chi connectivity index (χ4n) is 2.78. The van der Waals surface area contributed by atoms with E-state index in [1.54, 1.807) is 29.0 Å². The average molecular weight is 390 g/mol. The van der Waals surface area contributed by atoms with Crippen molar-refractivity contribution < 1.29 is 14.3 Å². The second-order valence-electron chi connectivity index (χ2n) is 6.13. The molecule has 1 aliphatic rings. The van der Waals surface area contributed by atoms with Crippen molar-refractivity contribution in [1.29, 1.82) is 0 Å². The third kappa shape index (κ3) is 4.28. The number of benzene rings is 1. The van der Waals surface area contributed by atoms with Gasteiger partial charge in [-0.3, -0.25) is 9.59 Å². The van der Waals surface area contributed by atoms with E-state index in [0.29, 0.717) is 42.6 Å². The zero-order valence-electron chi connectivity index (χ0n) is 15.1. The predicted molar refractivity (Wildman–Crippen MR) is 102 cm³/mol. The van der Waals surface area contributed by atoms with E-state index in [0.717, 1.165) is 12.0 Å². The van der Waals surface area contributed by atoms with Gasteiger partial charge >= 0.3 is 0 Å². The number of methoxy groups -OCH3 is 1. The number of aryl methyl sites for hydroxylation is 1. The molecule has 1 aromatic heterocycles. The van der Waals surface area contributed by atoms with Crippen LogP contribution in [0.3, 0.4) is 0 Å². The molecule has 0 spiro atoms. The van der Waals surface area contributed by atoms with Crippen molar-refractivity contribution in [3.05, 3.63) is 40.7 Å². The molecule has 9 heteroatoms. The minimum absolute atomic E-state index is 0.190. The number of halogens is 1. The van der Waals surface area contributed by atoms with Crippen LogP contribution in [0.25, 0.3) is 0 Å². The van der Waals surface area contributed by atoms with Crippen LogP contribution in [0.15, 0.2) is 24.4 Å². The number of aromatic nitrogens is 2. The summed E-state index contributed by atoms with van der Waals surface area (Å²) < 4.78 is 5.34. The number of nitrogens with one attached hydrogen (secondary N) is 1. The van der Waals surface area contributed by atoms with Gasteiger partial charge in [0, 0.05) is 43.5 Å². The summed E-state index contributed by atoms with van der Waals surface area (Å²) in [6.45, 7) is 3.88. The van der Waals surface area contributed by atoms with Gasteiger partial charge in [-0.1, -0.05) is 11.6 Å². The van der Waals surface area contributed by atoms with E-state index in [-0.39, 0.29) is 17.5 Å². The van der Waals surface area contributed by atoms with Crippen LogP contribution in [0.4, 0.5) is 11.6 Å². The van der Waals surface area contributed by atoms with Crippen LogP contribution < -0.4 is 10.1 Å². The molecule has 1 aromatic carbocycles. The Balaban J connectivity index is 1.77. The van der Waals surface area contributed by atoms with Crippen LogP contribution in [-0.4, -0.2) is 65.4 Å². The first-order valence-corrected chi connectivity index (χ1v) is 8.82. The highest BCUT2D eigenvalue weighted by Crippen LogP contribution is 2.32. The van der Waals surface area contributed by atoms with Crippen LogP contribution >= 0.6 is 11.6 Å². The Bertz CT molecular complexity index is 853. The summed E-state index contributed by atoms with van der Waals surface area (Å²) in [7, 11) is 1.55. The van der Waals surface area contributed by atoms with Gasteiger partial charge in [0.2, 0.25) is 12.4 Å². The average Bonchev–Trinajstić information content (AvgIpc) is 2.70. The molecular weight excluding hydrogens is 370 g/mol. The SMILES string of the molecule is COc1cc(Cl)c(C)cc1Nc1nccc(C(=O)N2CCN(C=O)CC2)n1. The van der Waals surface area contributed by atoms with E-state index >= 15 is 0 Å². The van der Waals surface area contributed by atoms with Gasteiger partial charge in [0.15, 0.2) is 0 Å². The predicted octanol–water partition coefficient (Wildman–Crippen LogP) is 2.10. The maximum absolute atomic E-state index is 12.7. The number of amides is 2. The number of carbonyl (C=O) groups excluding carboxylic acids is 2. The number of hydrogen-bond acceptors (Lipinski definition) is 6. The summed E-state index contributed by atoms with van der Waals surface area (Å²) >= 11 is 6.13. The molecule has 8 nitrogen and oxygen atoms in total. The van der Waals surface area contributed by atoms with Crippen molar-refractivity contribution in [2.45, 2.75) is 6.92 Å². The van der Waals surface area contributed by atoms with E-state index in [1.165, 1.54) is 6.20 Å². The maximum Gasteiger partial charge on any atom is 0.272 e. The number of hydrogen-bond donors (Lipinski definition) is 1. The minimum atomic E-state index is -0.190. The van der Waals surface area contributed by atoms with Gasteiger partial charge in [-0.15, -0.1) is 0 Å². The lowest BCUT2D eigenvalue weighted by atomic mass is 10.2. The lowest BCUT2D eigenvalue weighted by Gasteiger charge is -2.32. The monoisotopic (exact) mass is 389 g/mol. The van der Waals surface area contributed by atoms with Crippen molar-refractivity contribution in [3.63, 3.8) is 0 Å². The largest absolute Gasteiger partial charge is 0.495 e. The van der Waals surface area contributed by atoms with Crippen molar-refractivity contribution in [2.24, 2.45) is 0 Å². The Morgan fingerprint density at radius 2 is 2.04 bits per heavy atom. The van der Waals surface area contributed by atoms with Crippen LogP contribution in [0, 0.1) is 6.92 Å². The molecule has 1 aliphatic heterocycles. The highest BCUT2D eigenvalue weighted by Gasteiger charge is 2.22. The second kappa shape index (κ2) is 8.22. The number of anilines is 2. The summed E-state index contributed by atoms with van der Waals surface area (Å²) in [4.78, 5) is 35.3. The second-order valence-corrected chi connectivity index (χ2v) is 6.53. The molecule has 2 aromatic rings. The molecule has 0 aliphatic carbocycles. The number of carbonyl (C=O) groups is 2. The van der Waals surface area contributed by atoms with Crippen molar-refractivity contribution in [2.75, 3.05) is 38.6 Å². The van der Waals surface area contributed by atoms with E-state index in [1.807, 2.05) is 13.0 Å². The Morgan fingerprint density at radius 3 is 2.70 bits per heavy atom. The molecule has 0 saturated carbocycles. The van der Waals surface area contributed by atoms with Gasteiger partial charge in [-0.05, 0) is 24.6 Å². The molecular formula is C18H20ClN5O3. The number of ether oxygens (including phenoxy) is 1. The van der Waals surface area contributed by atoms with Crippen LogP contribution in [0.2, 0.25) is 5.02 Å². The Hall–Kier alpha value is -2.87.